The molecule has 0 bridgehead atoms. The molecule has 120 valence electrons. The smallest absolute Gasteiger partial charge is 0.309 e. The van der Waals surface area contributed by atoms with Gasteiger partial charge in [-0.25, -0.2) is 0 Å². The molecule has 1 saturated heterocycles. The highest BCUT2D eigenvalue weighted by Gasteiger charge is 2.24. The number of fused-ring (bicyclic) bond motifs is 1. The molecule has 5 heteroatoms. The van der Waals surface area contributed by atoms with Crippen LogP contribution >= 0.6 is 0 Å². The second-order valence-electron chi connectivity index (χ2n) is 5.95. The van der Waals surface area contributed by atoms with E-state index in [1.165, 1.54) is 45.0 Å². The Morgan fingerprint density at radius 2 is 2.09 bits per heavy atom. The van der Waals surface area contributed by atoms with Crippen LogP contribution in [0.4, 0.5) is 0 Å². The van der Waals surface area contributed by atoms with Gasteiger partial charge in [0, 0.05) is 6.54 Å². The summed E-state index contributed by atoms with van der Waals surface area (Å²) >= 11 is 0. The molecule has 5 nitrogen and oxygen atoms in total. The van der Waals surface area contributed by atoms with E-state index in [0.717, 1.165) is 18.0 Å². The van der Waals surface area contributed by atoms with Crippen molar-refractivity contribution in [1.82, 2.24) is 4.90 Å². The number of piperidine rings is 1. The molecule has 1 aromatic carbocycles. The number of methoxy groups -OCH3 is 1. The van der Waals surface area contributed by atoms with Crippen molar-refractivity contribution in [2.75, 3.05) is 26.8 Å². The lowest BCUT2D eigenvalue weighted by molar-refractivity contribution is -0.143. The maximum absolute atomic E-state index is 11.4. The highest BCUT2D eigenvalue weighted by atomic mass is 16.6. The van der Waals surface area contributed by atoms with Crippen molar-refractivity contribution in [3.8, 4) is 11.5 Å². The van der Waals surface area contributed by atoms with E-state index < -0.39 is 0 Å². The SMILES string of the molecule is COC(=O)CC1COc2ccc(CN3CCCCC3)cc2O1. The Balaban J connectivity index is 1.64. The summed E-state index contributed by atoms with van der Waals surface area (Å²) in [5.41, 5.74) is 1.22. The molecule has 0 saturated carbocycles. The maximum atomic E-state index is 11.4. The minimum absolute atomic E-state index is 0.215. The zero-order valence-electron chi connectivity index (χ0n) is 13.0. The van der Waals surface area contributed by atoms with Gasteiger partial charge in [-0.2, -0.15) is 0 Å². The number of esters is 1. The zero-order chi connectivity index (χ0) is 15.4. The molecule has 0 spiro atoms. The Morgan fingerprint density at radius 1 is 1.27 bits per heavy atom. The summed E-state index contributed by atoms with van der Waals surface area (Å²) in [5, 5.41) is 0. The van der Waals surface area contributed by atoms with Gasteiger partial charge in [0.15, 0.2) is 11.5 Å². The predicted octanol–water partition coefficient (Wildman–Crippen LogP) is 2.38. The summed E-state index contributed by atoms with van der Waals surface area (Å²) in [6, 6.07) is 6.09. The number of rotatable bonds is 4. The summed E-state index contributed by atoms with van der Waals surface area (Å²) in [6.45, 7) is 3.66. The van der Waals surface area contributed by atoms with Crippen molar-refractivity contribution >= 4 is 5.97 Å². The van der Waals surface area contributed by atoms with Crippen LogP contribution in [0.25, 0.3) is 0 Å². The van der Waals surface area contributed by atoms with Crippen molar-refractivity contribution in [3.05, 3.63) is 23.8 Å². The summed E-state index contributed by atoms with van der Waals surface area (Å²) in [6.07, 6.45) is 3.85. The maximum Gasteiger partial charge on any atom is 0.309 e. The lowest BCUT2D eigenvalue weighted by atomic mass is 10.1. The van der Waals surface area contributed by atoms with Gasteiger partial charge >= 0.3 is 5.97 Å². The van der Waals surface area contributed by atoms with E-state index in [1.807, 2.05) is 12.1 Å². The number of carbonyl (C=O) groups is 1. The third-order valence-electron chi connectivity index (χ3n) is 4.20. The topological polar surface area (TPSA) is 48.0 Å². The first-order valence-corrected chi connectivity index (χ1v) is 7.96. The van der Waals surface area contributed by atoms with E-state index >= 15 is 0 Å². The minimum Gasteiger partial charge on any atom is -0.486 e. The fourth-order valence-electron chi connectivity index (χ4n) is 3.00. The fraction of sp³-hybridized carbons (Fsp3) is 0.588. The lowest BCUT2D eigenvalue weighted by Gasteiger charge is -2.28. The molecule has 0 radical (unpaired) electrons. The number of nitrogens with zero attached hydrogens (tertiary/aromatic N) is 1. The van der Waals surface area contributed by atoms with Crippen LogP contribution in [0.1, 0.15) is 31.2 Å². The van der Waals surface area contributed by atoms with Crippen molar-refractivity contribution in [1.29, 1.82) is 0 Å². The number of likely N-dealkylation sites (tertiary alicyclic amines) is 1. The van der Waals surface area contributed by atoms with E-state index in [2.05, 4.69) is 15.7 Å². The molecule has 2 aliphatic heterocycles. The van der Waals surface area contributed by atoms with Gasteiger partial charge < -0.3 is 14.2 Å². The average Bonchev–Trinajstić information content (AvgIpc) is 2.55. The van der Waals surface area contributed by atoms with Crippen LogP contribution in [0.3, 0.4) is 0 Å². The third-order valence-corrected chi connectivity index (χ3v) is 4.20. The molecule has 1 aromatic rings. The van der Waals surface area contributed by atoms with Crippen molar-refractivity contribution in [3.63, 3.8) is 0 Å². The molecule has 0 N–H and O–H groups in total. The van der Waals surface area contributed by atoms with Crippen LogP contribution in [0.5, 0.6) is 11.5 Å². The Morgan fingerprint density at radius 3 is 2.86 bits per heavy atom. The highest BCUT2D eigenvalue weighted by molar-refractivity contribution is 5.70. The molecule has 0 amide bonds. The summed E-state index contributed by atoms with van der Waals surface area (Å²) in [7, 11) is 1.39. The van der Waals surface area contributed by atoms with Gasteiger partial charge in [0.2, 0.25) is 0 Å². The summed E-state index contributed by atoms with van der Waals surface area (Å²) < 4.78 is 16.3. The number of hydrogen-bond acceptors (Lipinski definition) is 5. The minimum atomic E-state index is -0.276. The van der Waals surface area contributed by atoms with E-state index in [1.54, 1.807) is 0 Å². The van der Waals surface area contributed by atoms with E-state index in [9.17, 15) is 4.79 Å². The Hall–Kier alpha value is -1.75. The molecule has 2 heterocycles. The van der Waals surface area contributed by atoms with Crippen LogP contribution in [-0.2, 0) is 16.1 Å². The molecule has 1 fully saturated rings. The van der Waals surface area contributed by atoms with Gasteiger partial charge in [-0.05, 0) is 43.6 Å². The van der Waals surface area contributed by atoms with Gasteiger partial charge in [0.25, 0.3) is 0 Å². The normalized spacial score (nSPS) is 21.4. The lowest BCUT2D eigenvalue weighted by Crippen LogP contribution is -2.32. The first-order chi connectivity index (χ1) is 10.7. The van der Waals surface area contributed by atoms with E-state index in [4.69, 9.17) is 9.47 Å². The molecule has 2 aliphatic rings. The van der Waals surface area contributed by atoms with Crippen LogP contribution in [-0.4, -0.2) is 43.8 Å². The van der Waals surface area contributed by atoms with Crippen molar-refractivity contribution in [2.45, 2.75) is 38.3 Å². The predicted molar refractivity (Wildman–Crippen MR) is 82.1 cm³/mol. The second-order valence-corrected chi connectivity index (χ2v) is 5.95. The molecular formula is C17H23NO4. The fourth-order valence-corrected chi connectivity index (χ4v) is 3.00. The van der Waals surface area contributed by atoms with Gasteiger partial charge in [0.05, 0.1) is 13.5 Å². The number of hydrogen-bond donors (Lipinski definition) is 0. The number of ether oxygens (including phenoxy) is 3. The summed E-state index contributed by atoms with van der Waals surface area (Å²) in [5.74, 6) is 1.21. The van der Waals surface area contributed by atoms with Crippen molar-refractivity contribution in [2.24, 2.45) is 0 Å². The third kappa shape index (κ3) is 3.71. The number of carbonyl (C=O) groups excluding carboxylic acids is 1. The van der Waals surface area contributed by atoms with Gasteiger partial charge in [-0.1, -0.05) is 12.5 Å². The molecule has 1 unspecified atom stereocenters. The van der Waals surface area contributed by atoms with Crippen LogP contribution in [0.2, 0.25) is 0 Å². The highest BCUT2D eigenvalue weighted by Crippen LogP contribution is 2.33. The first-order valence-electron chi connectivity index (χ1n) is 7.96. The average molecular weight is 305 g/mol. The van der Waals surface area contributed by atoms with Crippen LogP contribution in [0, 0.1) is 0 Å². The zero-order valence-corrected chi connectivity index (χ0v) is 13.0. The Bertz CT molecular complexity index is 525. The molecule has 0 aliphatic carbocycles. The van der Waals surface area contributed by atoms with Crippen LogP contribution in [0.15, 0.2) is 18.2 Å². The molecule has 1 atom stereocenters. The molecule has 0 aromatic heterocycles. The van der Waals surface area contributed by atoms with Crippen LogP contribution < -0.4 is 9.47 Å². The Labute approximate surface area is 131 Å². The monoisotopic (exact) mass is 305 g/mol. The quantitative estimate of drug-likeness (QED) is 0.799. The largest absolute Gasteiger partial charge is 0.486 e. The second kappa shape index (κ2) is 7.01. The summed E-state index contributed by atoms with van der Waals surface area (Å²) in [4.78, 5) is 13.8. The molecule has 22 heavy (non-hydrogen) atoms. The van der Waals surface area contributed by atoms with E-state index in [-0.39, 0.29) is 18.5 Å². The van der Waals surface area contributed by atoms with Gasteiger partial charge in [-0.15, -0.1) is 0 Å². The van der Waals surface area contributed by atoms with Gasteiger partial charge in [0.1, 0.15) is 12.7 Å². The molecular weight excluding hydrogens is 282 g/mol. The molecule has 3 rings (SSSR count). The van der Waals surface area contributed by atoms with Gasteiger partial charge in [-0.3, -0.25) is 9.69 Å². The Kier molecular flexibility index (Phi) is 4.83. The first kappa shape index (κ1) is 15.2. The standard InChI is InChI=1S/C17H23NO4/c1-20-17(19)10-14-12-21-15-6-5-13(9-16(15)22-14)11-18-7-3-2-4-8-18/h5-6,9,14H,2-4,7-8,10-12H2,1H3. The van der Waals surface area contributed by atoms with Crippen molar-refractivity contribution < 1.29 is 19.0 Å². The van der Waals surface area contributed by atoms with E-state index in [0.29, 0.717) is 6.61 Å². The number of benzene rings is 1.